The molecule has 0 spiro atoms. The van der Waals surface area contributed by atoms with Crippen molar-refractivity contribution in [2.45, 2.75) is 40.2 Å². The van der Waals surface area contributed by atoms with E-state index in [2.05, 4.69) is 9.44 Å². The van der Waals surface area contributed by atoms with Crippen molar-refractivity contribution in [1.82, 2.24) is 4.72 Å². The fourth-order valence-electron chi connectivity index (χ4n) is 1.50. The van der Waals surface area contributed by atoms with Crippen molar-refractivity contribution in [1.29, 1.82) is 0 Å². The number of hydrogen-bond acceptors (Lipinski definition) is 3. The van der Waals surface area contributed by atoms with Gasteiger partial charge in [-0.3, -0.25) is 4.72 Å². The second-order valence-electron chi connectivity index (χ2n) is 5.48. The highest BCUT2D eigenvalue weighted by atomic mass is 32.2. The van der Waals surface area contributed by atoms with Crippen LogP contribution in [0.2, 0.25) is 0 Å². The van der Waals surface area contributed by atoms with E-state index in [0.29, 0.717) is 11.4 Å². The Balaban J connectivity index is 3.02. The summed E-state index contributed by atoms with van der Waals surface area (Å²) in [5, 5.41) is 0. The molecule has 1 rings (SSSR count). The lowest BCUT2D eigenvalue weighted by Crippen LogP contribution is -2.43. The summed E-state index contributed by atoms with van der Waals surface area (Å²) in [7, 11) is -3.62. The van der Waals surface area contributed by atoms with Gasteiger partial charge in [0.1, 0.15) is 0 Å². The Morgan fingerprint density at radius 3 is 2.11 bits per heavy atom. The quantitative estimate of drug-likeness (QED) is 0.734. The summed E-state index contributed by atoms with van der Waals surface area (Å²) in [6.45, 7) is 9.16. The third-order valence-electron chi connectivity index (χ3n) is 2.35. The SMILES string of the molecule is Cc1cc(N)c(NS(=O)(=O)NC(C)(C)C)cc1C. The van der Waals surface area contributed by atoms with E-state index in [4.69, 9.17) is 5.73 Å². The number of nitrogens with one attached hydrogen (secondary N) is 2. The smallest absolute Gasteiger partial charge is 0.299 e. The lowest BCUT2D eigenvalue weighted by atomic mass is 10.1. The molecule has 18 heavy (non-hydrogen) atoms. The zero-order chi connectivity index (χ0) is 14.1. The first kappa shape index (κ1) is 14.8. The first-order valence-electron chi connectivity index (χ1n) is 5.68. The van der Waals surface area contributed by atoms with Crippen LogP contribution in [-0.2, 0) is 10.2 Å². The van der Waals surface area contributed by atoms with Gasteiger partial charge >= 0.3 is 0 Å². The fraction of sp³-hybridized carbons (Fsp3) is 0.500. The minimum Gasteiger partial charge on any atom is -0.397 e. The molecule has 0 saturated carbocycles. The van der Waals surface area contributed by atoms with Crippen molar-refractivity contribution in [3.63, 3.8) is 0 Å². The first-order valence-corrected chi connectivity index (χ1v) is 7.17. The highest BCUT2D eigenvalue weighted by molar-refractivity contribution is 7.90. The van der Waals surface area contributed by atoms with Gasteiger partial charge in [-0.2, -0.15) is 13.1 Å². The van der Waals surface area contributed by atoms with Crippen LogP contribution in [0.3, 0.4) is 0 Å². The average Bonchev–Trinajstić information content (AvgIpc) is 2.09. The van der Waals surface area contributed by atoms with Crippen LogP contribution in [0.1, 0.15) is 31.9 Å². The molecule has 4 N–H and O–H groups in total. The van der Waals surface area contributed by atoms with Crippen molar-refractivity contribution < 1.29 is 8.42 Å². The molecule has 102 valence electrons. The maximum atomic E-state index is 11.9. The van der Waals surface area contributed by atoms with Gasteiger partial charge < -0.3 is 5.73 Å². The average molecular weight is 271 g/mol. The predicted octanol–water partition coefficient (Wildman–Crippen LogP) is 1.93. The fourth-order valence-corrected chi connectivity index (χ4v) is 2.82. The van der Waals surface area contributed by atoms with E-state index in [1.54, 1.807) is 32.9 Å². The number of aryl methyl sites for hydroxylation is 2. The number of benzene rings is 1. The molecule has 0 heterocycles. The Hall–Kier alpha value is -1.27. The van der Waals surface area contributed by atoms with Crippen LogP contribution < -0.4 is 15.2 Å². The lowest BCUT2D eigenvalue weighted by Gasteiger charge is -2.21. The summed E-state index contributed by atoms with van der Waals surface area (Å²) in [4.78, 5) is 0. The van der Waals surface area contributed by atoms with Crippen LogP contribution in [0.5, 0.6) is 0 Å². The summed E-state index contributed by atoms with van der Waals surface area (Å²) in [5.41, 5.74) is 8.09. The van der Waals surface area contributed by atoms with Crippen LogP contribution in [0, 0.1) is 13.8 Å². The maximum Gasteiger partial charge on any atom is 0.299 e. The van der Waals surface area contributed by atoms with Crippen molar-refractivity contribution >= 4 is 21.6 Å². The van der Waals surface area contributed by atoms with E-state index in [1.165, 1.54) is 0 Å². The summed E-state index contributed by atoms with van der Waals surface area (Å²) in [6.07, 6.45) is 0. The molecule has 6 heteroatoms. The van der Waals surface area contributed by atoms with E-state index < -0.39 is 15.7 Å². The standard InChI is InChI=1S/C12H21N3O2S/c1-8-6-10(13)11(7-9(8)2)14-18(16,17)15-12(3,4)5/h6-7,14-15H,13H2,1-5H3. The Kier molecular flexibility index (Phi) is 3.92. The molecule has 0 fully saturated rings. The Morgan fingerprint density at radius 1 is 1.11 bits per heavy atom. The van der Waals surface area contributed by atoms with Crippen LogP contribution >= 0.6 is 0 Å². The van der Waals surface area contributed by atoms with Crippen molar-refractivity contribution in [2.75, 3.05) is 10.5 Å². The highest BCUT2D eigenvalue weighted by Crippen LogP contribution is 2.23. The zero-order valence-electron chi connectivity index (χ0n) is 11.5. The first-order chi connectivity index (χ1) is 8.00. The largest absolute Gasteiger partial charge is 0.397 e. The Morgan fingerprint density at radius 2 is 1.61 bits per heavy atom. The number of nitrogens with two attached hydrogens (primary N) is 1. The van der Waals surface area contributed by atoms with E-state index in [1.807, 2.05) is 13.8 Å². The number of anilines is 2. The Labute approximate surface area is 109 Å². The van der Waals surface area contributed by atoms with E-state index >= 15 is 0 Å². The molecule has 1 aromatic carbocycles. The van der Waals surface area contributed by atoms with Gasteiger partial charge in [0.05, 0.1) is 11.4 Å². The lowest BCUT2D eigenvalue weighted by molar-refractivity contribution is 0.494. The predicted molar refractivity (Wildman–Crippen MR) is 75.8 cm³/mol. The molecule has 0 bridgehead atoms. The van der Waals surface area contributed by atoms with Crippen molar-refractivity contribution in [3.05, 3.63) is 23.3 Å². The molecule has 0 aliphatic carbocycles. The van der Waals surface area contributed by atoms with Gasteiger partial charge in [0.15, 0.2) is 0 Å². The maximum absolute atomic E-state index is 11.9. The van der Waals surface area contributed by atoms with Gasteiger partial charge in [0.2, 0.25) is 0 Å². The van der Waals surface area contributed by atoms with Gasteiger partial charge in [-0.15, -0.1) is 0 Å². The molecule has 0 amide bonds. The normalized spacial score (nSPS) is 12.5. The molecule has 5 nitrogen and oxygen atoms in total. The van der Waals surface area contributed by atoms with Crippen LogP contribution in [0.4, 0.5) is 11.4 Å². The van der Waals surface area contributed by atoms with Crippen molar-refractivity contribution in [3.8, 4) is 0 Å². The van der Waals surface area contributed by atoms with Crippen LogP contribution in [-0.4, -0.2) is 14.0 Å². The molecule has 0 unspecified atom stereocenters. The van der Waals surface area contributed by atoms with Crippen LogP contribution in [0.15, 0.2) is 12.1 Å². The summed E-state index contributed by atoms with van der Waals surface area (Å²) < 4.78 is 28.7. The van der Waals surface area contributed by atoms with E-state index in [9.17, 15) is 8.42 Å². The number of rotatable bonds is 3. The second kappa shape index (κ2) is 4.78. The zero-order valence-corrected chi connectivity index (χ0v) is 12.3. The molecule has 0 atom stereocenters. The highest BCUT2D eigenvalue weighted by Gasteiger charge is 2.20. The molecule has 0 aliphatic heterocycles. The summed E-state index contributed by atoms with van der Waals surface area (Å²) in [6, 6.07) is 3.48. The van der Waals surface area contributed by atoms with Gasteiger partial charge in [-0.1, -0.05) is 0 Å². The van der Waals surface area contributed by atoms with Gasteiger partial charge in [-0.25, -0.2) is 0 Å². The molecular formula is C12H21N3O2S. The Bertz CT molecular complexity index is 545. The summed E-state index contributed by atoms with van der Waals surface area (Å²) >= 11 is 0. The third kappa shape index (κ3) is 4.19. The molecule has 0 aromatic heterocycles. The van der Waals surface area contributed by atoms with Gasteiger partial charge in [0.25, 0.3) is 10.2 Å². The van der Waals surface area contributed by atoms with Gasteiger partial charge in [0, 0.05) is 5.54 Å². The minimum atomic E-state index is -3.62. The number of nitrogen functional groups attached to an aromatic ring is 1. The minimum absolute atomic E-state index is 0.398. The van der Waals surface area contributed by atoms with Crippen molar-refractivity contribution in [2.24, 2.45) is 0 Å². The molecule has 0 radical (unpaired) electrons. The summed E-state index contributed by atoms with van der Waals surface area (Å²) in [5.74, 6) is 0. The third-order valence-corrected chi connectivity index (χ3v) is 3.72. The van der Waals surface area contributed by atoms with E-state index in [-0.39, 0.29) is 0 Å². The molecule has 0 saturated heterocycles. The molecular weight excluding hydrogens is 250 g/mol. The van der Waals surface area contributed by atoms with E-state index in [0.717, 1.165) is 11.1 Å². The molecule has 0 aliphatic rings. The second-order valence-corrected chi connectivity index (χ2v) is 6.90. The number of hydrogen-bond donors (Lipinski definition) is 3. The topological polar surface area (TPSA) is 84.2 Å². The van der Waals surface area contributed by atoms with Crippen LogP contribution in [0.25, 0.3) is 0 Å². The molecule has 1 aromatic rings. The van der Waals surface area contributed by atoms with Gasteiger partial charge in [-0.05, 0) is 57.9 Å². The monoisotopic (exact) mass is 271 g/mol.